The van der Waals surface area contributed by atoms with E-state index < -0.39 is 17.9 Å². The summed E-state index contributed by atoms with van der Waals surface area (Å²) < 4.78 is 11.4. The molecule has 4 rings (SSSR count). The minimum Gasteiger partial charge on any atom is -0.486 e. The zero-order chi connectivity index (χ0) is 16.8. The third-order valence-electron chi connectivity index (χ3n) is 3.97. The molecule has 122 valence electrons. The van der Waals surface area contributed by atoms with Gasteiger partial charge in [0.1, 0.15) is 6.61 Å². The molecule has 0 saturated heterocycles. The third kappa shape index (κ3) is 2.41. The largest absolute Gasteiger partial charge is 0.486 e. The number of carbonyl (C=O) groups excluding carboxylic acids is 2. The Bertz CT molecular complexity index is 827. The topological polar surface area (TPSA) is 55.8 Å². The summed E-state index contributed by atoms with van der Waals surface area (Å²) >= 11 is 11.9. The number of ether oxygens (including phenoxy) is 2. The first kappa shape index (κ1) is 15.3. The number of amides is 2. The van der Waals surface area contributed by atoms with E-state index in [2.05, 4.69) is 0 Å². The zero-order valence-electron chi connectivity index (χ0n) is 12.3. The van der Waals surface area contributed by atoms with Gasteiger partial charge >= 0.3 is 0 Å². The van der Waals surface area contributed by atoms with Crippen molar-refractivity contribution >= 4 is 35.0 Å². The number of nitrogens with zero attached hydrogens (tertiary/aromatic N) is 1. The van der Waals surface area contributed by atoms with Crippen LogP contribution in [0.15, 0.2) is 36.4 Å². The van der Waals surface area contributed by atoms with E-state index in [4.69, 9.17) is 32.7 Å². The highest BCUT2D eigenvalue weighted by Gasteiger charge is 2.38. The van der Waals surface area contributed by atoms with Crippen LogP contribution < -0.4 is 9.47 Å². The smallest absolute Gasteiger partial charge is 0.261 e. The lowest BCUT2D eigenvalue weighted by Gasteiger charge is -2.28. The Labute approximate surface area is 147 Å². The van der Waals surface area contributed by atoms with Crippen LogP contribution >= 0.6 is 23.2 Å². The summed E-state index contributed by atoms with van der Waals surface area (Å²) in [6, 6.07) is 10.1. The first-order valence-corrected chi connectivity index (χ1v) is 8.04. The van der Waals surface area contributed by atoms with Crippen molar-refractivity contribution in [2.24, 2.45) is 0 Å². The zero-order valence-corrected chi connectivity index (χ0v) is 13.8. The molecule has 2 heterocycles. The van der Waals surface area contributed by atoms with Crippen LogP contribution in [-0.4, -0.2) is 36.0 Å². The van der Waals surface area contributed by atoms with Crippen molar-refractivity contribution in [3.8, 4) is 11.5 Å². The van der Waals surface area contributed by atoms with Gasteiger partial charge in [-0.15, -0.1) is 0 Å². The summed E-state index contributed by atoms with van der Waals surface area (Å²) in [6.07, 6.45) is -0.437. The number of fused-ring (bicyclic) bond motifs is 2. The fourth-order valence-electron chi connectivity index (χ4n) is 2.81. The number of halogens is 2. The molecule has 2 aromatic rings. The summed E-state index contributed by atoms with van der Waals surface area (Å²) in [7, 11) is 0. The van der Waals surface area contributed by atoms with Crippen LogP contribution in [0.3, 0.4) is 0 Å². The second-order valence-corrected chi connectivity index (χ2v) is 6.34. The van der Waals surface area contributed by atoms with E-state index in [1.54, 1.807) is 12.1 Å². The Kier molecular flexibility index (Phi) is 3.62. The van der Waals surface area contributed by atoms with Crippen LogP contribution in [0.25, 0.3) is 0 Å². The van der Waals surface area contributed by atoms with Gasteiger partial charge in [-0.2, -0.15) is 0 Å². The summed E-state index contributed by atoms with van der Waals surface area (Å²) in [6.45, 7) is 0.349. The molecule has 0 fully saturated rings. The highest BCUT2D eigenvalue weighted by Crippen LogP contribution is 2.34. The minimum atomic E-state index is -0.437. The van der Waals surface area contributed by atoms with Gasteiger partial charge in [-0.3, -0.25) is 14.5 Å². The van der Waals surface area contributed by atoms with Crippen LogP contribution in [0.2, 0.25) is 10.0 Å². The number of imide groups is 1. The van der Waals surface area contributed by atoms with Gasteiger partial charge in [0.25, 0.3) is 11.8 Å². The molecule has 0 bridgehead atoms. The van der Waals surface area contributed by atoms with Crippen molar-refractivity contribution in [2.45, 2.75) is 6.10 Å². The molecule has 2 aromatic carbocycles. The predicted molar refractivity (Wildman–Crippen MR) is 88.2 cm³/mol. The second-order valence-electron chi connectivity index (χ2n) is 5.53. The Morgan fingerprint density at radius 1 is 1.00 bits per heavy atom. The molecule has 0 aromatic heterocycles. The van der Waals surface area contributed by atoms with Gasteiger partial charge in [-0.25, -0.2) is 0 Å². The number of para-hydroxylation sites is 2. The molecule has 0 unspecified atom stereocenters. The minimum absolute atomic E-state index is 0.0932. The molecular weight excluding hydrogens is 353 g/mol. The predicted octanol–water partition coefficient (Wildman–Crippen LogP) is 3.43. The van der Waals surface area contributed by atoms with E-state index in [9.17, 15) is 9.59 Å². The lowest BCUT2D eigenvalue weighted by atomic mass is 10.1. The van der Waals surface area contributed by atoms with Crippen molar-refractivity contribution < 1.29 is 19.1 Å². The molecule has 2 aliphatic rings. The van der Waals surface area contributed by atoms with Crippen LogP contribution in [-0.2, 0) is 0 Å². The normalized spacial score (nSPS) is 18.8. The first-order valence-electron chi connectivity index (χ1n) is 7.28. The molecule has 0 N–H and O–H groups in total. The van der Waals surface area contributed by atoms with E-state index in [1.165, 1.54) is 12.1 Å². The lowest BCUT2D eigenvalue weighted by Crippen LogP contribution is -2.43. The highest BCUT2D eigenvalue weighted by molar-refractivity contribution is 6.43. The van der Waals surface area contributed by atoms with E-state index in [1.807, 2.05) is 12.1 Å². The van der Waals surface area contributed by atoms with Crippen LogP contribution in [0.4, 0.5) is 0 Å². The molecule has 2 aliphatic heterocycles. The molecule has 0 spiro atoms. The number of hydrogen-bond acceptors (Lipinski definition) is 4. The standard InChI is InChI=1S/C17H11Cl2NO4/c18-12-5-10-11(6-13(12)19)17(22)20(16(10)21)7-9-8-23-14-3-1-2-4-15(14)24-9/h1-6,9H,7-8H2/t9-/m0/s1. The third-order valence-corrected chi connectivity index (χ3v) is 4.69. The highest BCUT2D eigenvalue weighted by atomic mass is 35.5. The lowest BCUT2D eigenvalue weighted by molar-refractivity contribution is 0.0430. The van der Waals surface area contributed by atoms with Crippen molar-refractivity contribution in [3.63, 3.8) is 0 Å². The van der Waals surface area contributed by atoms with Gasteiger partial charge in [0.15, 0.2) is 17.6 Å². The average molecular weight is 364 g/mol. The molecule has 7 heteroatoms. The molecule has 1 atom stereocenters. The SMILES string of the molecule is O=C1c2cc(Cl)c(Cl)cc2C(=O)N1C[C@H]1COc2ccccc2O1. The van der Waals surface area contributed by atoms with Crippen LogP contribution in [0, 0.1) is 0 Å². The van der Waals surface area contributed by atoms with Crippen molar-refractivity contribution in [2.75, 3.05) is 13.2 Å². The fraction of sp³-hybridized carbons (Fsp3) is 0.176. The van der Waals surface area contributed by atoms with Gasteiger partial charge in [0.2, 0.25) is 0 Å². The molecule has 0 saturated carbocycles. The van der Waals surface area contributed by atoms with E-state index >= 15 is 0 Å². The van der Waals surface area contributed by atoms with Gasteiger partial charge in [0, 0.05) is 0 Å². The maximum absolute atomic E-state index is 12.5. The fourth-order valence-corrected chi connectivity index (χ4v) is 3.13. The van der Waals surface area contributed by atoms with Gasteiger partial charge in [-0.05, 0) is 24.3 Å². The molecule has 0 aliphatic carbocycles. The van der Waals surface area contributed by atoms with Crippen molar-refractivity contribution in [1.82, 2.24) is 4.90 Å². The van der Waals surface area contributed by atoms with E-state index in [0.717, 1.165) is 4.90 Å². The molecule has 5 nitrogen and oxygen atoms in total. The maximum Gasteiger partial charge on any atom is 0.261 e. The number of benzene rings is 2. The van der Waals surface area contributed by atoms with Crippen molar-refractivity contribution in [3.05, 3.63) is 57.6 Å². The summed E-state index contributed by atoms with van der Waals surface area (Å²) in [5.41, 5.74) is 0.512. The summed E-state index contributed by atoms with van der Waals surface area (Å²) in [5, 5.41) is 0.481. The monoisotopic (exact) mass is 363 g/mol. The summed E-state index contributed by atoms with van der Waals surface area (Å²) in [4.78, 5) is 26.1. The average Bonchev–Trinajstić information content (AvgIpc) is 2.80. The Balaban J connectivity index is 1.56. The van der Waals surface area contributed by atoms with Crippen LogP contribution in [0.5, 0.6) is 11.5 Å². The van der Waals surface area contributed by atoms with E-state index in [0.29, 0.717) is 11.5 Å². The molecule has 2 amide bonds. The molecule has 0 radical (unpaired) electrons. The van der Waals surface area contributed by atoms with E-state index in [-0.39, 0.29) is 34.3 Å². The number of rotatable bonds is 2. The maximum atomic E-state index is 12.5. The summed E-state index contributed by atoms with van der Waals surface area (Å²) in [5.74, 6) is 0.429. The number of carbonyl (C=O) groups is 2. The second kappa shape index (κ2) is 5.69. The number of hydrogen-bond donors (Lipinski definition) is 0. The Hall–Kier alpha value is -2.24. The van der Waals surface area contributed by atoms with Gasteiger partial charge in [-0.1, -0.05) is 35.3 Å². The Morgan fingerprint density at radius 3 is 2.21 bits per heavy atom. The van der Waals surface area contributed by atoms with Gasteiger partial charge < -0.3 is 9.47 Å². The first-order chi connectivity index (χ1) is 11.5. The van der Waals surface area contributed by atoms with Gasteiger partial charge in [0.05, 0.1) is 27.7 Å². The molecular formula is C17H11Cl2NO4. The molecule has 24 heavy (non-hydrogen) atoms. The van der Waals surface area contributed by atoms with Crippen molar-refractivity contribution in [1.29, 1.82) is 0 Å². The van der Waals surface area contributed by atoms with Crippen LogP contribution in [0.1, 0.15) is 20.7 Å². The quantitative estimate of drug-likeness (QED) is 0.767. The Morgan fingerprint density at radius 2 is 1.58 bits per heavy atom.